The fraction of sp³-hybridized carbons (Fsp3) is 0.471. The van der Waals surface area contributed by atoms with Gasteiger partial charge in [-0.15, -0.1) is 0 Å². The Kier molecular flexibility index (Phi) is 6.42. The number of allylic oxidation sites excluding steroid dienone is 2. The van der Waals surface area contributed by atoms with Gasteiger partial charge in [0.1, 0.15) is 0 Å². The number of rotatable bonds is 7. The maximum atomic E-state index is 12.1. The summed E-state index contributed by atoms with van der Waals surface area (Å²) in [4.78, 5) is 12.1. The van der Waals surface area contributed by atoms with Gasteiger partial charge in [-0.05, 0) is 26.7 Å². The molecule has 1 aromatic rings. The van der Waals surface area contributed by atoms with Gasteiger partial charge >= 0.3 is 0 Å². The lowest BCUT2D eigenvalue weighted by Gasteiger charge is -2.07. The molecule has 0 aliphatic rings. The minimum atomic E-state index is 0.225. The Labute approximate surface area is 111 Å². The van der Waals surface area contributed by atoms with Crippen LogP contribution in [-0.2, 0) is 0 Å². The summed E-state index contributed by atoms with van der Waals surface area (Å²) < 4.78 is 0. The number of Topliss-reactive ketones (excluding diaryl/α,β-unsaturated/α-hetero) is 1. The van der Waals surface area contributed by atoms with Crippen LogP contribution in [0, 0.1) is 0 Å². The maximum Gasteiger partial charge on any atom is 0.166 e. The highest BCUT2D eigenvalue weighted by molar-refractivity contribution is 5.97. The first kappa shape index (κ1) is 14.7. The summed E-state index contributed by atoms with van der Waals surface area (Å²) in [6.07, 6.45) is 5.44. The third kappa shape index (κ3) is 4.87. The first-order valence-corrected chi connectivity index (χ1v) is 6.88. The number of unbranched alkanes of at least 4 members (excludes halogenated alkanes) is 2. The van der Waals surface area contributed by atoms with Crippen LogP contribution >= 0.6 is 0 Å². The average molecular weight is 244 g/mol. The second-order valence-electron chi connectivity index (χ2n) is 4.98. The summed E-state index contributed by atoms with van der Waals surface area (Å²) in [5.41, 5.74) is 3.44. The molecule has 1 rings (SSSR count). The molecule has 1 heteroatoms. The van der Waals surface area contributed by atoms with Crippen molar-refractivity contribution < 1.29 is 4.79 Å². The molecule has 0 aromatic heterocycles. The van der Waals surface area contributed by atoms with E-state index in [2.05, 4.69) is 20.8 Å². The van der Waals surface area contributed by atoms with Crippen molar-refractivity contribution in [1.82, 2.24) is 0 Å². The van der Waals surface area contributed by atoms with E-state index < -0.39 is 0 Å². The molecule has 0 bridgehead atoms. The smallest absolute Gasteiger partial charge is 0.166 e. The van der Waals surface area contributed by atoms with E-state index in [0.717, 1.165) is 12.0 Å². The number of carbonyl (C=O) groups excluding carboxylic acids is 1. The fourth-order valence-electron chi connectivity index (χ4n) is 1.97. The predicted octanol–water partition coefficient (Wildman–Crippen LogP) is 5.18. The van der Waals surface area contributed by atoms with Crippen molar-refractivity contribution in [3.05, 3.63) is 47.0 Å². The largest absolute Gasteiger partial charge is 0.294 e. The molecule has 0 radical (unpaired) electrons. The molecule has 0 N–H and O–H groups in total. The van der Waals surface area contributed by atoms with Crippen LogP contribution in [0.2, 0.25) is 0 Å². The molecule has 0 unspecified atom stereocenters. The standard InChI is InChI=1S/C17H24O/c1-4-5-7-10-14(2)15(3)13-17(18)16-11-8-6-9-12-16/h6,8-9,11-12H,4-5,7,10,13H2,1-3H3/b15-14+. The van der Waals surface area contributed by atoms with Crippen molar-refractivity contribution in [2.75, 3.05) is 0 Å². The zero-order valence-corrected chi connectivity index (χ0v) is 11.8. The molecule has 0 aliphatic carbocycles. The molecule has 0 aliphatic heterocycles. The second-order valence-corrected chi connectivity index (χ2v) is 4.98. The quantitative estimate of drug-likeness (QED) is 0.367. The molecule has 18 heavy (non-hydrogen) atoms. The molecule has 0 heterocycles. The van der Waals surface area contributed by atoms with Gasteiger partial charge in [0.25, 0.3) is 0 Å². The van der Waals surface area contributed by atoms with Crippen LogP contribution in [0.4, 0.5) is 0 Å². The van der Waals surface area contributed by atoms with Gasteiger partial charge in [0.15, 0.2) is 5.78 Å². The van der Waals surface area contributed by atoms with Crippen molar-refractivity contribution >= 4 is 5.78 Å². The van der Waals surface area contributed by atoms with Gasteiger partial charge in [0, 0.05) is 12.0 Å². The Bertz CT molecular complexity index is 401. The van der Waals surface area contributed by atoms with Gasteiger partial charge in [-0.25, -0.2) is 0 Å². The Morgan fingerprint density at radius 3 is 2.28 bits per heavy atom. The van der Waals surface area contributed by atoms with Crippen LogP contribution in [0.25, 0.3) is 0 Å². The highest BCUT2D eigenvalue weighted by Gasteiger charge is 2.07. The fourth-order valence-corrected chi connectivity index (χ4v) is 1.97. The van der Waals surface area contributed by atoms with Gasteiger partial charge in [0.2, 0.25) is 0 Å². The van der Waals surface area contributed by atoms with Crippen molar-refractivity contribution in [2.45, 2.75) is 52.9 Å². The molecule has 0 saturated carbocycles. The van der Waals surface area contributed by atoms with E-state index in [1.165, 1.54) is 30.4 Å². The lowest BCUT2D eigenvalue weighted by molar-refractivity contribution is 0.0992. The number of benzene rings is 1. The molecule has 98 valence electrons. The maximum absolute atomic E-state index is 12.1. The number of ketones is 1. The van der Waals surface area contributed by atoms with E-state index >= 15 is 0 Å². The summed E-state index contributed by atoms with van der Waals surface area (Å²) in [5, 5.41) is 0. The molecule has 1 nitrogen and oxygen atoms in total. The van der Waals surface area contributed by atoms with Crippen molar-refractivity contribution in [3.8, 4) is 0 Å². The van der Waals surface area contributed by atoms with Gasteiger partial charge in [-0.3, -0.25) is 4.79 Å². The lowest BCUT2D eigenvalue weighted by atomic mass is 9.98. The van der Waals surface area contributed by atoms with Crippen LogP contribution < -0.4 is 0 Å². The molecular weight excluding hydrogens is 220 g/mol. The molecule has 0 saturated heterocycles. The SMILES string of the molecule is CCCCC/C(C)=C(\C)CC(=O)c1ccccc1. The van der Waals surface area contributed by atoms with Crippen LogP contribution in [0.1, 0.15) is 63.2 Å². The number of carbonyl (C=O) groups is 1. The average Bonchev–Trinajstić information content (AvgIpc) is 2.39. The third-order valence-electron chi connectivity index (χ3n) is 3.41. The number of hydrogen-bond acceptors (Lipinski definition) is 1. The summed E-state index contributed by atoms with van der Waals surface area (Å²) >= 11 is 0. The zero-order valence-electron chi connectivity index (χ0n) is 11.8. The van der Waals surface area contributed by atoms with Crippen molar-refractivity contribution in [1.29, 1.82) is 0 Å². The summed E-state index contributed by atoms with van der Waals surface area (Å²) in [6, 6.07) is 9.56. The van der Waals surface area contributed by atoms with Crippen LogP contribution in [0.3, 0.4) is 0 Å². The monoisotopic (exact) mass is 244 g/mol. The molecule has 0 spiro atoms. The minimum absolute atomic E-state index is 0.225. The van der Waals surface area contributed by atoms with Gasteiger partial charge in [-0.2, -0.15) is 0 Å². The lowest BCUT2D eigenvalue weighted by Crippen LogP contribution is -2.00. The highest BCUT2D eigenvalue weighted by Crippen LogP contribution is 2.17. The van der Waals surface area contributed by atoms with E-state index in [1.807, 2.05) is 30.3 Å². The summed E-state index contributed by atoms with van der Waals surface area (Å²) in [7, 11) is 0. The second kappa shape index (κ2) is 7.86. The van der Waals surface area contributed by atoms with Crippen molar-refractivity contribution in [2.24, 2.45) is 0 Å². The first-order valence-electron chi connectivity index (χ1n) is 6.88. The highest BCUT2D eigenvalue weighted by atomic mass is 16.1. The Morgan fingerprint density at radius 2 is 1.67 bits per heavy atom. The van der Waals surface area contributed by atoms with Crippen LogP contribution in [0.15, 0.2) is 41.5 Å². The van der Waals surface area contributed by atoms with E-state index in [0.29, 0.717) is 6.42 Å². The Morgan fingerprint density at radius 1 is 1.00 bits per heavy atom. The first-order chi connectivity index (χ1) is 8.65. The Hall–Kier alpha value is -1.37. The third-order valence-corrected chi connectivity index (χ3v) is 3.41. The van der Waals surface area contributed by atoms with Gasteiger partial charge in [-0.1, -0.05) is 61.2 Å². The van der Waals surface area contributed by atoms with Crippen molar-refractivity contribution in [3.63, 3.8) is 0 Å². The molecule has 0 fully saturated rings. The summed E-state index contributed by atoms with van der Waals surface area (Å²) in [6.45, 7) is 6.45. The molecule has 0 atom stereocenters. The predicted molar refractivity (Wildman–Crippen MR) is 77.9 cm³/mol. The van der Waals surface area contributed by atoms with Gasteiger partial charge < -0.3 is 0 Å². The van der Waals surface area contributed by atoms with E-state index in [4.69, 9.17) is 0 Å². The van der Waals surface area contributed by atoms with E-state index in [-0.39, 0.29) is 5.78 Å². The van der Waals surface area contributed by atoms with Crippen LogP contribution in [0.5, 0.6) is 0 Å². The normalized spacial score (nSPS) is 12.2. The number of hydrogen-bond donors (Lipinski definition) is 0. The molecular formula is C17H24O. The minimum Gasteiger partial charge on any atom is -0.294 e. The van der Waals surface area contributed by atoms with Gasteiger partial charge in [0.05, 0.1) is 0 Å². The molecule has 0 amide bonds. The van der Waals surface area contributed by atoms with Crippen LogP contribution in [-0.4, -0.2) is 5.78 Å². The topological polar surface area (TPSA) is 17.1 Å². The van der Waals surface area contributed by atoms with E-state index in [1.54, 1.807) is 0 Å². The van der Waals surface area contributed by atoms with E-state index in [9.17, 15) is 4.79 Å². The Balaban J connectivity index is 2.55. The molecule has 1 aromatic carbocycles. The summed E-state index contributed by atoms with van der Waals surface area (Å²) in [5.74, 6) is 0.225. The zero-order chi connectivity index (χ0) is 13.4.